The van der Waals surface area contributed by atoms with Crippen LogP contribution in [0.2, 0.25) is 0 Å². The van der Waals surface area contributed by atoms with Gasteiger partial charge in [0.25, 0.3) is 0 Å². The molecule has 5 nitrogen and oxygen atoms in total. The number of rotatable bonds is 5. The van der Waals surface area contributed by atoms with E-state index >= 15 is 0 Å². The van der Waals surface area contributed by atoms with Crippen molar-refractivity contribution < 1.29 is 19.1 Å². The van der Waals surface area contributed by atoms with Gasteiger partial charge in [0.15, 0.2) is 0 Å². The van der Waals surface area contributed by atoms with Crippen LogP contribution >= 0.6 is 0 Å². The van der Waals surface area contributed by atoms with Crippen LogP contribution in [0, 0.1) is 11.8 Å². The molecule has 1 aliphatic heterocycles. The fourth-order valence-electron chi connectivity index (χ4n) is 3.19. The molecule has 1 rings (SSSR count). The minimum Gasteiger partial charge on any atom is -0.444 e. The summed E-state index contributed by atoms with van der Waals surface area (Å²) >= 11 is 0. The Hall–Kier alpha value is -1.10. The lowest BCUT2D eigenvalue weighted by Gasteiger charge is -2.39. The topological polar surface area (TPSA) is 55.8 Å². The second kappa shape index (κ2) is 6.99. The number of nitrogens with zero attached hydrogens (tertiary/aromatic N) is 1. The summed E-state index contributed by atoms with van der Waals surface area (Å²) in [6, 6.07) is -0.0650. The van der Waals surface area contributed by atoms with Gasteiger partial charge in [-0.1, -0.05) is 20.3 Å². The molecule has 1 heterocycles. The number of hydrogen-bond donors (Lipinski definition) is 0. The third-order valence-corrected chi connectivity index (χ3v) is 4.27. The Balaban J connectivity index is 3.01. The molecular weight excluding hydrogens is 282 g/mol. The van der Waals surface area contributed by atoms with Gasteiger partial charge in [0.1, 0.15) is 17.6 Å². The van der Waals surface area contributed by atoms with Crippen LogP contribution in [0.1, 0.15) is 61.3 Å². The van der Waals surface area contributed by atoms with Gasteiger partial charge in [0.05, 0.1) is 12.6 Å². The standard InChI is InChI=1S/C17H31NO4/c1-8-13(12(2)9-10-19)14-11-21-17(6,7)18(14)15(20)22-16(3,4)5/h10,12-14H,8-9,11H2,1-7H3. The molecule has 1 fully saturated rings. The molecule has 0 aliphatic carbocycles. The van der Waals surface area contributed by atoms with E-state index in [0.29, 0.717) is 13.0 Å². The van der Waals surface area contributed by atoms with Gasteiger partial charge in [-0.05, 0) is 46.5 Å². The first-order valence-electron chi connectivity index (χ1n) is 8.13. The van der Waals surface area contributed by atoms with E-state index in [1.54, 1.807) is 4.90 Å². The Morgan fingerprint density at radius 2 is 2.05 bits per heavy atom. The SMILES string of the molecule is CCC(C(C)CC=O)C1COC(C)(C)N1C(=O)OC(C)(C)C. The highest BCUT2D eigenvalue weighted by atomic mass is 16.6. The molecule has 1 aliphatic rings. The first kappa shape index (κ1) is 18.9. The molecule has 3 atom stereocenters. The minimum absolute atomic E-state index is 0.0650. The number of carbonyl (C=O) groups excluding carboxylic acids is 2. The second-order valence-corrected chi connectivity index (χ2v) is 7.63. The summed E-state index contributed by atoms with van der Waals surface area (Å²) in [5, 5.41) is 0. The summed E-state index contributed by atoms with van der Waals surface area (Å²) in [7, 11) is 0. The van der Waals surface area contributed by atoms with Crippen molar-refractivity contribution in [2.45, 2.75) is 78.7 Å². The van der Waals surface area contributed by atoms with E-state index in [2.05, 4.69) is 13.8 Å². The highest BCUT2D eigenvalue weighted by Gasteiger charge is 2.48. The maximum Gasteiger partial charge on any atom is 0.412 e. The molecule has 1 saturated heterocycles. The van der Waals surface area contributed by atoms with Crippen molar-refractivity contribution in [3.63, 3.8) is 0 Å². The molecule has 0 aromatic rings. The summed E-state index contributed by atoms with van der Waals surface area (Å²) in [4.78, 5) is 25.2. The largest absolute Gasteiger partial charge is 0.444 e. The lowest BCUT2D eigenvalue weighted by atomic mass is 9.83. The predicted molar refractivity (Wildman–Crippen MR) is 85.5 cm³/mol. The molecule has 0 aromatic heterocycles. The van der Waals surface area contributed by atoms with Gasteiger partial charge in [0, 0.05) is 6.42 Å². The molecular formula is C17H31NO4. The van der Waals surface area contributed by atoms with E-state index in [0.717, 1.165) is 12.7 Å². The Morgan fingerprint density at radius 1 is 1.45 bits per heavy atom. The lowest BCUT2D eigenvalue weighted by Crippen LogP contribution is -2.52. The van der Waals surface area contributed by atoms with Crippen molar-refractivity contribution in [1.29, 1.82) is 0 Å². The van der Waals surface area contributed by atoms with Gasteiger partial charge in [-0.25, -0.2) is 4.79 Å². The molecule has 3 unspecified atom stereocenters. The van der Waals surface area contributed by atoms with Gasteiger partial charge < -0.3 is 14.3 Å². The van der Waals surface area contributed by atoms with E-state index in [1.165, 1.54) is 0 Å². The van der Waals surface area contributed by atoms with Crippen LogP contribution in [0.5, 0.6) is 0 Å². The molecule has 128 valence electrons. The van der Waals surface area contributed by atoms with Crippen LogP contribution in [0.15, 0.2) is 0 Å². The molecule has 0 aromatic carbocycles. The van der Waals surface area contributed by atoms with Gasteiger partial charge in [-0.15, -0.1) is 0 Å². The predicted octanol–water partition coefficient (Wildman–Crippen LogP) is 3.61. The molecule has 0 spiro atoms. The van der Waals surface area contributed by atoms with Crippen molar-refractivity contribution in [2.24, 2.45) is 11.8 Å². The van der Waals surface area contributed by atoms with Crippen LogP contribution in [-0.4, -0.2) is 41.3 Å². The maximum absolute atomic E-state index is 12.6. The molecule has 0 N–H and O–H groups in total. The molecule has 0 radical (unpaired) electrons. The zero-order valence-electron chi connectivity index (χ0n) is 15.0. The number of aldehydes is 1. The number of amides is 1. The first-order chi connectivity index (χ1) is 10.0. The fraction of sp³-hybridized carbons (Fsp3) is 0.882. The minimum atomic E-state index is -0.693. The average molecular weight is 313 g/mol. The molecule has 0 saturated carbocycles. The van der Waals surface area contributed by atoms with Crippen molar-refractivity contribution in [2.75, 3.05) is 6.61 Å². The summed E-state index contributed by atoms with van der Waals surface area (Å²) in [6.07, 6.45) is 1.99. The monoisotopic (exact) mass is 313 g/mol. The summed E-state index contributed by atoms with van der Waals surface area (Å²) < 4.78 is 11.4. The fourth-order valence-corrected chi connectivity index (χ4v) is 3.19. The first-order valence-corrected chi connectivity index (χ1v) is 8.13. The third kappa shape index (κ3) is 4.45. The van der Waals surface area contributed by atoms with Crippen molar-refractivity contribution >= 4 is 12.4 Å². The molecule has 0 bridgehead atoms. The zero-order valence-corrected chi connectivity index (χ0v) is 15.0. The van der Waals surface area contributed by atoms with E-state index in [1.807, 2.05) is 34.6 Å². The molecule has 22 heavy (non-hydrogen) atoms. The van der Waals surface area contributed by atoms with Crippen molar-refractivity contribution in [1.82, 2.24) is 4.90 Å². The molecule has 5 heteroatoms. The zero-order chi connectivity index (χ0) is 17.1. The van der Waals surface area contributed by atoms with Crippen LogP contribution in [0.25, 0.3) is 0 Å². The lowest BCUT2D eigenvalue weighted by molar-refractivity contribution is -0.109. The molecule has 1 amide bonds. The Morgan fingerprint density at radius 3 is 2.50 bits per heavy atom. The normalized spacial score (nSPS) is 24.0. The van der Waals surface area contributed by atoms with Crippen LogP contribution in [0.4, 0.5) is 4.79 Å². The second-order valence-electron chi connectivity index (χ2n) is 7.63. The van der Waals surface area contributed by atoms with E-state index in [-0.39, 0.29) is 24.0 Å². The summed E-state index contributed by atoms with van der Waals surface area (Å²) in [5.74, 6) is 0.412. The quantitative estimate of drug-likeness (QED) is 0.728. The number of carbonyl (C=O) groups is 2. The van der Waals surface area contributed by atoms with E-state index in [9.17, 15) is 9.59 Å². The Kier molecular flexibility index (Phi) is 6.02. The maximum atomic E-state index is 12.6. The van der Waals surface area contributed by atoms with Gasteiger partial charge in [0.2, 0.25) is 0 Å². The Bertz CT molecular complexity index is 400. The summed E-state index contributed by atoms with van der Waals surface area (Å²) in [6.45, 7) is 14.0. The highest BCUT2D eigenvalue weighted by molar-refractivity contribution is 5.69. The number of hydrogen-bond acceptors (Lipinski definition) is 4. The Labute approximate surface area is 134 Å². The summed E-state index contributed by atoms with van der Waals surface area (Å²) in [5.41, 5.74) is -1.24. The van der Waals surface area contributed by atoms with Gasteiger partial charge in [-0.2, -0.15) is 0 Å². The van der Waals surface area contributed by atoms with Crippen LogP contribution in [0.3, 0.4) is 0 Å². The van der Waals surface area contributed by atoms with Gasteiger partial charge >= 0.3 is 6.09 Å². The highest BCUT2D eigenvalue weighted by Crippen LogP contribution is 2.37. The van der Waals surface area contributed by atoms with E-state index in [4.69, 9.17) is 9.47 Å². The van der Waals surface area contributed by atoms with Gasteiger partial charge in [-0.3, -0.25) is 4.90 Å². The smallest absolute Gasteiger partial charge is 0.412 e. The average Bonchev–Trinajstić information content (AvgIpc) is 2.64. The van der Waals surface area contributed by atoms with Crippen LogP contribution in [-0.2, 0) is 14.3 Å². The number of ether oxygens (including phenoxy) is 2. The van der Waals surface area contributed by atoms with Crippen LogP contribution < -0.4 is 0 Å². The van der Waals surface area contributed by atoms with Crippen molar-refractivity contribution in [3.8, 4) is 0 Å². The van der Waals surface area contributed by atoms with E-state index < -0.39 is 11.3 Å². The van der Waals surface area contributed by atoms with Crippen molar-refractivity contribution in [3.05, 3.63) is 0 Å². The third-order valence-electron chi connectivity index (χ3n) is 4.27.